The Morgan fingerprint density at radius 1 is 1.06 bits per heavy atom. The van der Waals surface area contributed by atoms with Crippen molar-refractivity contribution in [3.05, 3.63) is 60.3 Å². The molecule has 0 aliphatic rings. The number of anilines is 1. The third kappa shape index (κ3) is 6.02. The van der Waals surface area contributed by atoms with E-state index in [0.717, 1.165) is 17.0 Å². The number of ether oxygens (including phenoxy) is 2. The molecule has 0 aliphatic heterocycles. The zero-order chi connectivity index (χ0) is 24.7. The van der Waals surface area contributed by atoms with Gasteiger partial charge in [-0.15, -0.1) is 0 Å². The Labute approximate surface area is 200 Å². The molecule has 1 aromatic heterocycles. The molecule has 0 atom stereocenters. The van der Waals surface area contributed by atoms with Crippen LogP contribution in [0.2, 0.25) is 0 Å². The van der Waals surface area contributed by atoms with Crippen molar-refractivity contribution in [2.24, 2.45) is 0 Å². The van der Waals surface area contributed by atoms with E-state index < -0.39 is 0 Å². The minimum atomic E-state index is -0.335. The highest BCUT2D eigenvalue weighted by atomic mass is 16.5. The van der Waals surface area contributed by atoms with E-state index in [2.05, 4.69) is 36.3 Å². The van der Waals surface area contributed by atoms with E-state index in [-0.39, 0.29) is 25.0 Å². The van der Waals surface area contributed by atoms with Gasteiger partial charge in [0.25, 0.3) is 0 Å². The van der Waals surface area contributed by atoms with Gasteiger partial charge in [0, 0.05) is 31.1 Å². The smallest absolute Gasteiger partial charge is 0.249 e. The van der Waals surface area contributed by atoms with Gasteiger partial charge in [-0.25, -0.2) is 4.98 Å². The first-order valence-electron chi connectivity index (χ1n) is 11.3. The Morgan fingerprint density at radius 3 is 2.29 bits per heavy atom. The number of hydrogen-bond donors (Lipinski definition) is 1. The van der Waals surface area contributed by atoms with Crippen molar-refractivity contribution in [2.75, 3.05) is 39.2 Å². The normalized spacial score (nSPS) is 10.9. The Morgan fingerprint density at radius 2 is 1.74 bits per heavy atom. The molecular weight excluding hydrogens is 432 g/mol. The van der Waals surface area contributed by atoms with Crippen LogP contribution in [0.3, 0.4) is 0 Å². The van der Waals surface area contributed by atoms with Gasteiger partial charge >= 0.3 is 0 Å². The van der Waals surface area contributed by atoms with Crippen LogP contribution in [0.25, 0.3) is 16.9 Å². The van der Waals surface area contributed by atoms with E-state index in [1.54, 1.807) is 7.11 Å². The van der Waals surface area contributed by atoms with Gasteiger partial charge in [-0.1, -0.05) is 26.0 Å². The maximum Gasteiger partial charge on any atom is 0.249 e. The van der Waals surface area contributed by atoms with Crippen molar-refractivity contribution in [3.63, 3.8) is 0 Å². The first kappa shape index (κ1) is 25.0. The third-order valence-corrected chi connectivity index (χ3v) is 5.52. The number of hydrogen-bond acceptors (Lipinski definition) is 5. The number of amides is 2. The predicted octanol–water partition coefficient (Wildman–Crippen LogP) is 4.10. The second-order valence-electron chi connectivity index (χ2n) is 8.18. The van der Waals surface area contributed by atoms with Gasteiger partial charge in [-0.3, -0.25) is 19.5 Å². The average Bonchev–Trinajstić information content (AvgIpc) is 3.26. The van der Waals surface area contributed by atoms with Crippen LogP contribution in [-0.2, 0) is 14.3 Å². The van der Waals surface area contributed by atoms with Gasteiger partial charge in [-0.05, 0) is 54.8 Å². The number of likely N-dealkylation sites (N-methyl/N-ethyl adjacent to an activating group) is 1. The molecule has 2 amide bonds. The zero-order valence-corrected chi connectivity index (χ0v) is 20.4. The topological polar surface area (TPSA) is 85.7 Å². The molecule has 1 N–H and O–H groups in total. The molecule has 0 saturated carbocycles. The van der Waals surface area contributed by atoms with Gasteiger partial charge in [0.15, 0.2) is 0 Å². The minimum absolute atomic E-state index is 0.0699. The molecule has 8 heteroatoms. The molecule has 0 aliphatic carbocycles. The highest BCUT2D eigenvalue weighted by Crippen LogP contribution is 2.27. The van der Waals surface area contributed by atoms with Crippen LogP contribution in [0.5, 0.6) is 5.75 Å². The van der Waals surface area contributed by atoms with Crippen LogP contribution in [0.4, 0.5) is 5.95 Å². The molecule has 1 heterocycles. The summed E-state index contributed by atoms with van der Waals surface area (Å²) in [4.78, 5) is 31.1. The first-order chi connectivity index (χ1) is 16.4. The molecule has 0 unspecified atom stereocenters. The van der Waals surface area contributed by atoms with Crippen molar-refractivity contribution >= 4 is 17.8 Å². The van der Waals surface area contributed by atoms with Gasteiger partial charge in [0.05, 0.1) is 12.8 Å². The molecule has 0 saturated heterocycles. The lowest BCUT2D eigenvalue weighted by atomic mass is 10.0. The summed E-state index contributed by atoms with van der Waals surface area (Å²) in [5, 5.41) is 2.87. The molecule has 34 heavy (non-hydrogen) atoms. The van der Waals surface area contributed by atoms with E-state index >= 15 is 0 Å². The van der Waals surface area contributed by atoms with Crippen LogP contribution >= 0.6 is 0 Å². The molecule has 0 radical (unpaired) electrons. The number of rotatable bonds is 10. The van der Waals surface area contributed by atoms with Gasteiger partial charge < -0.3 is 14.4 Å². The summed E-state index contributed by atoms with van der Waals surface area (Å²) in [6.07, 6.45) is 1.88. The zero-order valence-electron chi connectivity index (χ0n) is 20.4. The summed E-state index contributed by atoms with van der Waals surface area (Å²) in [6.45, 7) is 6.35. The fraction of sp³-hybridized carbons (Fsp3) is 0.346. The number of aromatic nitrogens is 2. The van der Waals surface area contributed by atoms with Gasteiger partial charge in [0.1, 0.15) is 18.9 Å². The largest absolute Gasteiger partial charge is 0.497 e. The summed E-state index contributed by atoms with van der Waals surface area (Å²) < 4.78 is 12.0. The minimum Gasteiger partial charge on any atom is -0.497 e. The summed E-state index contributed by atoms with van der Waals surface area (Å²) in [7, 11) is 3.07. The Kier molecular flexibility index (Phi) is 8.43. The Bertz CT molecular complexity index is 1100. The molecule has 0 fully saturated rings. The summed E-state index contributed by atoms with van der Waals surface area (Å²) in [6, 6.07) is 15.7. The second-order valence-corrected chi connectivity index (χ2v) is 8.18. The van der Waals surface area contributed by atoms with Crippen molar-refractivity contribution in [2.45, 2.75) is 26.7 Å². The maximum absolute atomic E-state index is 12.8. The van der Waals surface area contributed by atoms with E-state index in [9.17, 15) is 9.59 Å². The number of nitrogens with zero attached hydrogens (tertiary/aromatic N) is 3. The van der Waals surface area contributed by atoms with E-state index in [1.807, 2.05) is 54.1 Å². The molecule has 180 valence electrons. The lowest BCUT2D eigenvalue weighted by Crippen LogP contribution is -2.39. The SMILES string of the molecule is CCN(CC(=O)Nc1nc(-c2ccc(OC)cc2)cn1-c1ccc(C(C)C)cc1)C(=O)COC. The second kappa shape index (κ2) is 11.5. The Hall–Kier alpha value is -3.65. The molecule has 0 bridgehead atoms. The number of nitrogens with one attached hydrogen (secondary N) is 1. The number of carbonyl (C=O) groups excluding carboxylic acids is 2. The molecule has 8 nitrogen and oxygen atoms in total. The van der Waals surface area contributed by atoms with Crippen LogP contribution in [0.15, 0.2) is 54.7 Å². The summed E-state index contributed by atoms with van der Waals surface area (Å²) >= 11 is 0. The number of benzene rings is 2. The third-order valence-electron chi connectivity index (χ3n) is 5.52. The fourth-order valence-electron chi connectivity index (χ4n) is 3.51. The molecule has 3 rings (SSSR count). The molecule has 2 aromatic carbocycles. The standard InChI is InChI=1S/C26H32N4O4/c1-6-29(25(32)17-33-4)16-24(31)28-26-27-23(20-9-13-22(34-5)14-10-20)15-30(26)21-11-7-19(8-12-21)18(2)3/h7-15,18H,6,16-17H2,1-5H3,(H,27,28,31). The maximum atomic E-state index is 12.8. The van der Waals surface area contributed by atoms with Gasteiger partial charge in [-0.2, -0.15) is 0 Å². The first-order valence-corrected chi connectivity index (χ1v) is 11.3. The molecule has 0 spiro atoms. The van der Waals surface area contributed by atoms with Crippen molar-refractivity contribution < 1.29 is 19.1 Å². The van der Waals surface area contributed by atoms with Crippen LogP contribution in [-0.4, -0.2) is 60.2 Å². The van der Waals surface area contributed by atoms with Crippen molar-refractivity contribution in [1.82, 2.24) is 14.5 Å². The van der Waals surface area contributed by atoms with Gasteiger partial charge in [0.2, 0.25) is 17.8 Å². The lowest BCUT2D eigenvalue weighted by molar-refractivity contribution is -0.137. The quantitative estimate of drug-likeness (QED) is 0.488. The highest BCUT2D eigenvalue weighted by molar-refractivity contribution is 5.94. The van der Waals surface area contributed by atoms with Crippen molar-refractivity contribution in [3.8, 4) is 22.7 Å². The molecular formula is C26H32N4O4. The van der Waals surface area contributed by atoms with E-state index in [1.165, 1.54) is 17.6 Å². The highest BCUT2D eigenvalue weighted by Gasteiger charge is 2.19. The predicted molar refractivity (Wildman–Crippen MR) is 132 cm³/mol. The van der Waals surface area contributed by atoms with Crippen LogP contribution < -0.4 is 10.1 Å². The van der Waals surface area contributed by atoms with E-state index in [4.69, 9.17) is 9.47 Å². The number of methoxy groups -OCH3 is 2. The monoisotopic (exact) mass is 464 g/mol. The fourth-order valence-corrected chi connectivity index (χ4v) is 3.51. The summed E-state index contributed by atoms with van der Waals surface area (Å²) in [5.41, 5.74) is 3.68. The molecule has 3 aromatic rings. The number of imidazole rings is 1. The average molecular weight is 465 g/mol. The number of carbonyl (C=O) groups is 2. The summed E-state index contributed by atoms with van der Waals surface area (Å²) in [5.74, 6) is 0.963. The Balaban J connectivity index is 1.92. The van der Waals surface area contributed by atoms with Crippen LogP contribution in [0.1, 0.15) is 32.3 Å². The van der Waals surface area contributed by atoms with E-state index in [0.29, 0.717) is 24.1 Å². The van der Waals surface area contributed by atoms with Crippen molar-refractivity contribution in [1.29, 1.82) is 0 Å². The van der Waals surface area contributed by atoms with Crippen LogP contribution in [0, 0.1) is 0 Å². The lowest BCUT2D eigenvalue weighted by Gasteiger charge is -2.20.